The van der Waals surface area contributed by atoms with Crippen molar-refractivity contribution in [2.75, 3.05) is 66.3 Å². The highest BCUT2D eigenvalue weighted by Crippen LogP contribution is 2.28. The maximum Gasteiger partial charge on any atom is 0.0701 e. The Kier molecular flexibility index (Phi) is 8.59. The molecule has 2 fully saturated rings. The van der Waals surface area contributed by atoms with Crippen molar-refractivity contribution in [1.29, 1.82) is 0 Å². The average Bonchev–Trinajstić information content (AvgIpc) is 3.34. The number of hydrogen-bond acceptors (Lipinski definition) is 5. The SMILES string of the molecule is COCCOCCOCCN(CC1CCCNC1)C1CC1. The molecule has 1 aliphatic carbocycles. The van der Waals surface area contributed by atoms with Gasteiger partial charge in [-0.2, -0.15) is 0 Å². The van der Waals surface area contributed by atoms with Crippen LogP contribution in [0.25, 0.3) is 0 Å². The van der Waals surface area contributed by atoms with Gasteiger partial charge in [-0.3, -0.25) is 4.90 Å². The van der Waals surface area contributed by atoms with Crippen molar-refractivity contribution in [3.05, 3.63) is 0 Å². The Morgan fingerprint density at radius 3 is 2.43 bits per heavy atom. The zero-order valence-corrected chi connectivity index (χ0v) is 13.5. The fraction of sp³-hybridized carbons (Fsp3) is 1.00. The second-order valence-electron chi connectivity index (χ2n) is 6.16. The molecule has 5 nitrogen and oxygen atoms in total. The largest absolute Gasteiger partial charge is 0.382 e. The number of rotatable bonds is 12. The Balaban J connectivity index is 1.49. The molecular formula is C16H32N2O3. The molecular weight excluding hydrogens is 268 g/mol. The van der Waals surface area contributed by atoms with Gasteiger partial charge in [0.05, 0.1) is 33.0 Å². The van der Waals surface area contributed by atoms with Gasteiger partial charge in [0.1, 0.15) is 0 Å². The molecule has 5 heteroatoms. The number of ether oxygens (including phenoxy) is 3. The molecule has 0 aromatic rings. The summed E-state index contributed by atoms with van der Waals surface area (Å²) in [5.74, 6) is 0.830. The molecule has 2 aliphatic rings. The molecule has 1 saturated heterocycles. The van der Waals surface area contributed by atoms with Gasteiger partial charge in [0.15, 0.2) is 0 Å². The van der Waals surface area contributed by atoms with E-state index in [2.05, 4.69) is 10.2 Å². The maximum absolute atomic E-state index is 5.69. The van der Waals surface area contributed by atoms with Gasteiger partial charge in [-0.15, -0.1) is 0 Å². The minimum atomic E-state index is 0.655. The lowest BCUT2D eigenvalue weighted by Crippen LogP contribution is -2.40. The van der Waals surface area contributed by atoms with Gasteiger partial charge in [0, 0.05) is 26.2 Å². The quantitative estimate of drug-likeness (QED) is 0.547. The van der Waals surface area contributed by atoms with E-state index in [4.69, 9.17) is 14.2 Å². The highest BCUT2D eigenvalue weighted by molar-refractivity contribution is 4.86. The van der Waals surface area contributed by atoms with E-state index in [0.29, 0.717) is 26.4 Å². The molecule has 21 heavy (non-hydrogen) atoms. The number of piperidine rings is 1. The average molecular weight is 300 g/mol. The molecule has 0 aromatic carbocycles. The minimum absolute atomic E-state index is 0.655. The zero-order valence-electron chi connectivity index (χ0n) is 13.5. The van der Waals surface area contributed by atoms with Crippen molar-refractivity contribution in [2.24, 2.45) is 5.92 Å². The maximum atomic E-state index is 5.69. The Hall–Kier alpha value is -0.200. The molecule has 0 spiro atoms. The lowest BCUT2D eigenvalue weighted by Gasteiger charge is -2.30. The van der Waals surface area contributed by atoms with E-state index in [-0.39, 0.29) is 0 Å². The summed E-state index contributed by atoms with van der Waals surface area (Å²) in [6.45, 7) is 8.19. The lowest BCUT2D eigenvalue weighted by molar-refractivity contribution is 0.0177. The molecule has 1 aliphatic heterocycles. The molecule has 1 atom stereocenters. The van der Waals surface area contributed by atoms with Crippen molar-refractivity contribution in [1.82, 2.24) is 10.2 Å². The van der Waals surface area contributed by atoms with E-state index in [9.17, 15) is 0 Å². The van der Waals surface area contributed by atoms with Crippen molar-refractivity contribution in [2.45, 2.75) is 31.7 Å². The third-order valence-corrected chi connectivity index (χ3v) is 4.28. The van der Waals surface area contributed by atoms with E-state index in [1.54, 1.807) is 7.11 Å². The van der Waals surface area contributed by atoms with Crippen LogP contribution < -0.4 is 5.32 Å². The predicted molar refractivity (Wildman–Crippen MR) is 83.7 cm³/mol. The summed E-state index contributed by atoms with van der Waals surface area (Å²) in [4.78, 5) is 2.64. The smallest absolute Gasteiger partial charge is 0.0701 e. The second-order valence-corrected chi connectivity index (χ2v) is 6.16. The number of hydrogen-bond donors (Lipinski definition) is 1. The van der Waals surface area contributed by atoms with Crippen LogP contribution >= 0.6 is 0 Å². The summed E-state index contributed by atoms with van der Waals surface area (Å²) >= 11 is 0. The molecule has 1 N–H and O–H groups in total. The molecule has 2 rings (SSSR count). The Morgan fingerprint density at radius 1 is 1.00 bits per heavy atom. The minimum Gasteiger partial charge on any atom is -0.382 e. The Bertz CT molecular complexity index is 256. The predicted octanol–water partition coefficient (Wildman–Crippen LogP) is 1.13. The molecule has 124 valence electrons. The number of methoxy groups -OCH3 is 1. The molecule has 0 aromatic heterocycles. The first kappa shape index (κ1) is 17.2. The van der Waals surface area contributed by atoms with Crippen LogP contribution in [0.15, 0.2) is 0 Å². The van der Waals surface area contributed by atoms with E-state index in [1.165, 1.54) is 45.3 Å². The van der Waals surface area contributed by atoms with Crippen LogP contribution in [-0.2, 0) is 14.2 Å². The van der Waals surface area contributed by atoms with Crippen molar-refractivity contribution >= 4 is 0 Å². The first-order valence-electron chi connectivity index (χ1n) is 8.49. The van der Waals surface area contributed by atoms with Crippen LogP contribution in [-0.4, -0.2) is 77.3 Å². The molecule has 1 saturated carbocycles. The fourth-order valence-electron chi connectivity index (χ4n) is 2.92. The molecule has 0 amide bonds. The van der Waals surface area contributed by atoms with Gasteiger partial charge < -0.3 is 19.5 Å². The first-order valence-corrected chi connectivity index (χ1v) is 8.49. The van der Waals surface area contributed by atoms with Gasteiger partial charge in [-0.05, 0) is 44.7 Å². The van der Waals surface area contributed by atoms with Crippen molar-refractivity contribution in [3.8, 4) is 0 Å². The first-order chi connectivity index (χ1) is 10.4. The highest BCUT2D eigenvalue weighted by atomic mass is 16.5. The highest BCUT2D eigenvalue weighted by Gasteiger charge is 2.30. The standard InChI is InChI=1S/C16H32N2O3/c1-19-9-10-21-12-11-20-8-7-18(16-4-5-16)14-15-3-2-6-17-13-15/h15-17H,2-14H2,1H3. The van der Waals surface area contributed by atoms with E-state index in [0.717, 1.165) is 25.1 Å². The summed E-state index contributed by atoms with van der Waals surface area (Å²) in [6, 6.07) is 0.827. The Morgan fingerprint density at radius 2 is 1.76 bits per heavy atom. The van der Waals surface area contributed by atoms with Crippen LogP contribution in [0.5, 0.6) is 0 Å². The van der Waals surface area contributed by atoms with Crippen LogP contribution in [0, 0.1) is 5.92 Å². The Labute approximate surface area is 129 Å². The monoisotopic (exact) mass is 300 g/mol. The summed E-state index contributed by atoms with van der Waals surface area (Å²) in [6.07, 6.45) is 5.46. The van der Waals surface area contributed by atoms with Crippen LogP contribution in [0.2, 0.25) is 0 Å². The van der Waals surface area contributed by atoms with Gasteiger partial charge in [-0.25, -0.2) is 0 Å². The van der Waals surface area contributed by atoms with Crippen LogP contribution in [0.3, 0.4) is 0 Å². The molecule has 1 heterocycles. The van der Waals surface area contributed by atoms with E-state index in [1.807, 2.05) is 0 Å². The summed E-state index contributed by atoms with van der Waals surface area (Å²) in [7, 11) is 1.69. The second kappa shape index (κ2) is 10.5. The summed E-state index contributed by atoms with van der Waals surface area (Å²) in [5, 5.41) is 3.52. The third-order valence-electron chi connectivity index (χ3n) is 4.28. The van der Waals surface area contributed by atoms with Gasteiger partial charge in [-0.1, -0.05) is 0 Å². The topological polar surface area (TPSA) is 43.0 Å². The van der Waals surface area contributed by atoms with Crippen LogP contribution in [0.4, 0.5) is 0 Å². The van der Waals surface area contributed by atoms with Gasteiger partial charge in [0.25, 0.3) is 0 Å². The fourth-order valence-corrected chi connectivity index (χ4v) is 2.92. The number of nitrogens with one attached hydrogen (secondary N) is 1. The summed E-state index contributed by atoms with van der Waals surface area (Å²) in [5.41, 5.74) is 0. The summed E-state index contributed by atoms with van der Waals surface area (Å²) < 4.78 is 16.0. The molecule has 1 unspecified atom stereocenters. The van der Waals surface area contributed by atoms with Crippen molar-refractivity contribution in [3.63, 3.8) is 0 Å². The van der Waals surface area contributed by atoms with Gasteiger partial charge >= 0.3 is 0 Å². The lowest BCUT2D eigenvalue weighted by atomic mass is 9.99. The van der Waals surface area contributed by atoms with Crippen molar-refractivity contribution < 1.29 is 14.2 Å². The van der Waals surface area contributed by atoms with Crippen LogP contribution in [0.1, 0.15) is 25.7 Å². The van der Waals surface area contributed by atoms with Gasteiger partial charge in [0.2, 0.25) is 0 Å². The van der Waals surface area contributed by atoms with E-state index < -0.39 is 0 Å². The molecule has 0 bridgehead atoms. The molecule has 0 radical (unpaired) electrons. The number of nitrogens with zero attached hydrogens (tertiary/aromatic N) is 1. The normalized spacial score (nSPS) is 22.9. The van der Waals surface area contributed by atoms with E-state index >= 15 is 0 Å². The third kappa shape index (κ3) is 7.56. The zero-order chi connectivity index (χ0) is 14.8.